The predicted molar refractivity (Wildman–Crippen MR) is 113 cm³/mol. The van der Waals surface area contributed by atoms with Gasteiger partial charge >= 0.3 is 0 Å². The zero-order valence-electron chi connectivity index (χ0n) is 15.5. The molecule has 1 aliphatic rings. The molecule has 7 heteroatoms. The molecular formula is C21H20ClFN4S. The first-order chi connectivity index (χ1) is 13.5. The number of thiocarbonyl (C=S) groups is 1. The van der Waals surface area contributed by atoms with Crippen molar-refractivity contribution >= 4 is 28.9 Å². The van der Waals surface area contributed by atoms with Crippen molar-refractivity contribution < 1.29 is 4.39 Å². The summed E-state index contributed by atoms with van der Waals surface area (Å²) < 4.78 is 15.7. The summed E-state index contributed by atoms with van der Waals surface area (Å²) >= 11 is 11.7. The monoisotopic (exact) mass is 414 g/mol. The normalized spacial score (nSPS) is 19.3. The van der Waals surface area contributed by atoms with Crippen LogP contribution in [0.1, 0.15) is 37.3 Å². The Morgan fingerprint density at radius 3 is 2.68 bits per heavy atom. The minimum atomic E-state index is -0.432. The third-order valence-corrected chi connectivity index (χ3v) is 5.57. The Bertz CT molecular complexity index is 1000. The van der Waals surface area contributed by atoms with Gasteiger partial charge in [-0.25, -0.2) is 4.39 Å². The summed E-state index contributed by atoms with van der Waals surface area (Å²) in [5.41, 5.74) is 2.75. The minimum Gasteiger partial charge on any atom is -0.352 e. The van der Waals surface area contributed by atoms with Gasteiger partial charge in [0.1, 0.15) is 5.82 Å². The Morgan fingerprint density at radius 2 is 2.00 bits per heavy atom. The first-order valence-corrected chi connectivity index (χ1v) is 9.88. The number of benzene rings is 1. The first-order valence-electron chi connectivity index (χ1n) is 9.10. The van der Waals surface area contributed by atoms with E-state index in [4.69, 9.17) is 23.8 Å². The Labute approximate surface area is 174 Å². The summed E-state index contributed by atoms with van der Waals surface area (Å²) in [7, 11) is 0. The molecule has 0 spiro atoms. The highest BCUT2D eigenvalue weighted by Crippen LogP contribution is 2.40. The Balaban J connectivity index is 1.84. The van der Waals surface area contributed by atoms with E-state index in [2.05, 4.69) is 35.1 Å². The van der Waals surface area contributed by atoms with E-state index in [0.717, 1.165) is 17.1 Å². The number of hydrogen-bond acceptors (Lipinski definition) is 2. The highest BCUT2D eigenvalue weighted by molar-refractivity contribution is 7.80. The molecule has 144 valence electrons. The van der Waals surface area contributed by atoms with E-state index in [9.17, 15) is 4.39 Å². The molecule has 3 heterocycles. The zero-order chi connectivity index (χ0) is 19.8. The summed E-state index contributed by atoms with van der Waals surface area (Å²) in [6.45, 7) is 4.23. The van der Waals surface area contributed by atoms with Crippen LogP contribution in [-0.2, 0) is 0 Å². The molecule has 1 fully saturated rings. The van der Waals surface area contributed by atoms with E-state index in [1.165, 1.54) is 6.07 Å². The maximum atomic E-state index is 13.7. The van der Waals surface area contributed by atoms with Gasteiger partial charge < -0.3 is 14.8 Å². The van der Waals surface area contributed by atoms with Gasteiger partial charge in [0, 0.05) is 29.8 Å². The second kappa shape index (κ2) is 7.53. The molecular weight excluding hydrogens is 395 g/mol. The fourth-order valence-electron chi connectivity index (χ4n) is 3.74. The van der Waals surface area contributed by atoms with Gasteiger partial charge in [-0.15, -0.1) is 0 Å². The summed E-state index contributed by atoms with van der Waals surface area (Å²) in [6.07, 6.45) is 3.74. The van der Waals surface area contributed by atoms with Crippen LogP contribution in [-0.4, -0.2) is 25.6 Å². The SMILES string of the molecule is CC(C)N1C(=S)N[C@@H](c2ccccn2)[C@@H]1c1cccn1-c1ccc(F)c(Cl)c1. The van der Waals surface area contributed by atoms with Gasteiger partial charge in [-0.3, -0.25) is 4.98 Å². The molecule has 4 rings (SSSR count). The van der Waals surface area contributed by atoms with Crippen LogP contribution < -0.4 is 5.32 Å². The molecule has 0 saturated carbocycles. The second-order valence-corrected chi connectivity index (χ2v) is 7.82. The van der Waals surface area contributed by atoms with E-state index in [1.807, 2.05) is 35.0 Å². The van der Waals surface area contributed by atoms with Crippen LogP contribution in [0.3, 0.4) is 0 Å². The van der Waals surface area contributed by atoms with Crippen LogP contribution in [0.2, 0.25) is 5.02 Å². The third-order valence-electron chi connectivity index (χ3n) is 4.96. The number of nitrogens with zero attached hydrogens (tertiary/aromatic N) is 3. The van der Waals surface area contributed by atoms with Crippen LogP contribution >= 0.6 is 23.8 Å². The van der Waals surface area contributed by atoms with Gasteiger partial charge in [0.05, 0.1) is 22.8 Å². The van der Waals surface area contributed by atoms with Crippen LogP contribution in [0.25, 0.3) is 5.69 Å². The van der Waals surface area contributed by atoms with Gasteiger partial charge in [-0.1, -0.05) is 17.7 Å². The second-order valence-electron chi connectivity index (χ2n) is 7.03. The van der Waals surface area contributed by atoms with Crippen molar-refractivity contribution in [2.45, 2.75) is 32.0 Å². The van der Waals surface area contributed by atoms with Crippen molar-refractivity contribution in [1.29, 1.82) is 0 Å². The molecule has 1 aromatic carbocycles. The number of nitrogens with one attached hydrogen (secondary N) is 1. The molecule has 0 radical (unpaired) electrons. The molecule has 28 heavy (non-hydrogen) atoms. The lowest BCUT2D eigenvalue weighted by molar-refractivity contribution is 0.262. The quantitative estimate of drug-likeness (QED) is 0.606. The molecule has 1 N–H and O–H groups in total. The molecule has 2 atom stereocenters. The summed E-state index contributed by atoms with van der Waals surface area (Å²) in [4.78, 5) is 6.73. The highest BCUT2D eigenvalue weighted by atomic mass is 35.5. The molecule has 0 unspecified atom stereocenters. The average Bonchev–Trinajstić information content (AvgIpc) is 3.28. The lowest BCUT2D eigenvalue weighted by Gasteiger charge is -2.31. The molecule has 1 aliphatic heterocycles. The molecule has 0 aliphatic carbocycles. The van der Waals surface area contributed by atoms with E-state index in [0.29, 0.717) is 5.11 Å². The molecule has 0 bridgehead atoms. The lowest BCUT2D eigenvalue weighted by atomic mass is 10.0. The third kappa shape index (κ3) is 3.27. The summed E-state index contributed by atoms with van der Waals surface area (Å²) in [5.74, 6) is -0.432. The van der Waals surface area contributed by atoms with Crippen molar-refractivity contribution in [2.24, 2.45) is 0 Å². The van der Waals surface area contributed by atoms with Gasteiger partial charge in [-0.2, -0.15) is 0 Å². The van der Waals surface area contributed by atoms with E-state index in [-0.39, 0.29) is 23.1 Å². The average molecular weight is 415 g/mol. The van der Waals surface area contributed by atoms with E-state index < -0.39 is 5.82 Å². The van der Waals surface area contributed by atoms with Crippen LogP contribution in [0, 0.1) is 5.82 Å². The van der Waals surface area contributed by atoms with E-state index in [1.54, 1.807) is 18.3 Å². The van der Waals surface area contributed by atoms with Crippen molar-refractivity contribution in [3.63, 3.8) is 0 Å². The fraction of sp³-hybridized carbons (Fsp3) is 0.238. The van der Waals surface area contributed by atoms with E-state index >= 15 is 0 Å². The van der Waals surface area contributed by atoms with Crippen LogP contribution in [0.4, 0.5) is 4.39 Å². The minimum absolute atomic E-state index is 0.0683. The topological polar surface area (TPSA) is 33.1 Å². The Morgan fingerprint density at radius 1 is 1.18 bits per heavy atom. The number of pyridine rings is 1. The Kier molecular flexibility index (Phi) is 5.08. The number of aromatic nitrogens is 2. The van der Waals surface area contributed by atoms with Crippen molar-refractivity contribution in [3.05, 3.63) is 83.2 Å². The molecule has 4 nitrogen and oxygen atoms in total. The van der Waals surface area contributed by atoms with Gasteiger partial charge in [0.2, 0.25) is 0 Å². The standard InChI is InChI=1S/C21H20ClFN4S/c1-13(2)27-20(19(25-21(27)28)17-6-3-4-10-24-17)18-7-5-11-26(18)14-8-9-16(23)15(22)12-14/h3-13,19-20H,1-2H3,(H,25,28)/t19-,20-/m0/s1. The largest absolute Gasteiger partial charge is 0.352 e. The molecule has 0 amide bonds. The van der Waals surface area contributed by atoms with Crippen molar-refractivity contribution in [1.82, 2.24) is 19.8 Å². The Hall–Kier alpha value is -2.44. The van der Waals surface area contributed by atoms with Crippen molar-refractivity contribution in [2.75, 3.05) is 0 Å². The number of halogens is 2. The van der Waals surface area contributed by atoms with Crippen LogP contribution in [0.5, 0.6) is 0 Å². The van der Waals surface area contributed by atoms with Gasteiger partial charge in [-0.05, 0) is 68.5 Å². The lowest BCUT2D eigenvalue weighted by Crippen LogP contribution is -2.36. The van der Waals surface area contributed by atoms with Crippen LogP contribution in [0.15, 0.2) is 60.9 Å². The van der Waals surface area contributed by atoms with Crippen molar-refractivity contribution in [3.8, 4) is 5.69 Å². The smallest absolute Gasteiger partial charge is 0.170 e. The maximum absolute atomic E-state index is 13.7. The molecule has 1 saturated heterocycles. The molecule has 3 aromatic rings. The maximum Gasteiger partial charge on any atom is 0.170 e. The highest BCUT2D eigenvalue weighted by Gasteiger charge is 2.42. The predicted octanol–water partition coefficient (Wildman–Crippen LogP) is 5.05. The molecule has 2 aromatic heterocycles. The van der Waals surface area contributed by atoms with Gasteiger partial charge in [0.25, 0.3) is 0 Å². The first kappa shape index (κ1) is 18.9. The number of hydrogen-bond donors (Lipinski definition) is 1. The summed E-state index contributed by atoms with van der Waals surface area (Å²) in [6, 6.07) is 14.7. The number of rotatable bonds is 4. The van der Waals surface area contributed by atoms with Gasteiger partial charge in [0.15, 0.2) is 5.11 Å². The summed E-state index contributed by atoms with van der Waals surface area (Å²) in [5, 5.41) is 4.23. The zero-order valence-corrected chi connectivity index (χ0v) is 17.1. The fourth-order valence-corrected chi connectivity index (χ4v) is 4.37.